The molecule has 130 valence electrons. The number of nitrogens with zero attached hydrogens (tertiary/aromatic N) is 2. The molecule has 0 unspecified atom stereocenters. The number of anilines is 1. The fourth-order valence-electron chi connectivity index (χ4n) is 2.55. The van der Waals surface area contributed by atoms with E-state index in [1.165, 1.54) is 12.1 Å². The molecule has 0 aliphatic rings. The van der Waals surface area contributed by atoms with E-state index in [4.69, 9.17) is 0 Å². The summed E-state index contributed by atoms with van der Waals surface area (Å²) in [5.41, 5.74) is -0.00204. The largest absolute Gasteiger partial charge is 0.433 e. The van der Waals surface area contributed by atoms with E-state index in [-0.39, 0.29) is 11.3 Å². The Bertz CT molecular complexity index is 929. The van der Waals surface area contributed by atoms with Crippen LogP contribution in [0.1, 0.15) is 23.0 Å². The van der Waals surface area contributed by atoms with Gasteiger partial charge in [0, 0.05) is 23.6 Å². The number of aryl methyl sites for hydroxylation is 1. The lowest BCUT2D eigenvalue weighted by Gasteiger charge is -2.07. The molecule has 2 aromatic heterocycles. The summed E-state index contributed by atoms with van der Waals surface area (Å²) in [6.07, 6.45) is -2.04. The Hall–Kier alpha value is -2.90. The van der Waals surface area contributed by atoms with E-state index in [1.54, 1.807) is 16.8 Å². The molecular formula is C17H13F4N3O. The van der Waals surface area contributed by atoms with E-state index >= 15 is 0 Å². The average Bonchev–Trinajstić information content (AvgIpc) is 2.92. The number of benzene rings is 1. The van der Waals surface area contributed by atoms with Crippen molar-refractivity contribution < 1.29 is 22.4 Å². The van der Waals surface area contributed by atoms with Crippen LogP contribution in [0.2, 0.25) is 0 Å². The number of nitrogens with one attached hydrogen (secondary N) is 1. The Balaban J connectivity index is 1.91. The number of alkyl halides is 3. The predicted octanol–water partition coefficient (Wildman–Crippen LogP) is 4.47. The van der Waals surface area contributed by atoms with Crippen molar-refractivity contribution in [2.45, 2.75) is 19.6 Å². The minimum atomic E-state index is -4.55. The molecule has 0 aliphatic carbocycles. The number of pyridine rings is 1. The number of hydrogen-bond acceptors (Lipinski definition) is 2. The summed E-state index contributed by atoms with van der Waals surface area (Å²) in [6, 6.07) is 6.03. The summed E-state index contributed by atoms with van der Waals surface area (Å²) in [4.78, 5) is 15.7. The maximum absolute atomic E-state index is 13.5. The van der Waals surface area contributed by atoms with Gasteiger partial charge in [-0.05, 0) is 37.3 Å². The van der Waals surface area contributed by atoms with Crippen LogP contribution in [0, 0.1) is 5.82 Å². The summed E-state index contributed by atoms with van der Waals surface area (Å²) >= 11 is 0. The summed E-state index contributed by atoms with van der Waals surface area (Å²) in [5, 5.41) is 2.91. The van der Waals surface area contributed by atoms with Crippen molar-refractivity contribution in [3.8, 4) is 0 Å². The molecular weight excluding hydrogens is 338 g/mol. The molecule has 0 fully saturated rings. The highest BCUT2D eigenvalue weighted by atomic mass is 19.4. The first kappa shape index (κ1) is 16.9. The molecule has 0 bridgehead atoms. The van der Waals surface area contributed by atoms with Crippen LogP contribution in [0.4, 0.5) is 23.2 Å². The zero-order valence-corrected chi connectivity index (χ0v) is 13.1. The molecule has 0 aliphatic heterocycles. The molecule has 0 saturated carbocycles. The molecule has 0 radical (unpaired) electrons. The van der Waals surface area contributed by atoms with E-state index in [1.807, 2.05) is 6.92 Å². The monoisotopic (exact) mass is 351 g/mol. The van der Waals surface area contributed by atoms with Crippen LogP contribution in [-0.4, -0.2) is 15.5 Å². The van der Waals surface area contributed by atoms with E-state index in [0.29, 0.717) is 17.4 Å². The van der Waals surface area contributed by atoms with Gasteiger partial charge in [0.15, 0.2) is 0 Å². The standard InChI is InChI=1S/C17H13F4N3O/c1-2-24-9-13(12-7-10(18)3-5-14(12)24)16(25)23-11-4-6-15(22-8-11)17(19,20)21/h3-9H,2H2,1H3,(H,23,25). The van der Waals surface area contributed by atoms with Crippen molar-refractivity contribution in [1.82, 2.24) is 9.55 Å². The molecule has 8 heteroatoms. The Kier molecular flexibility index (Phi) is 4.20. The third-order valence-corrected chi connectivity index (χ3v) is 3.74. The van der Waals surface area contributed by atoms with Crippen LogP contribution < -0.4 is 5.32 Å². The second-order valence-corrected chi connectivity index (χ2v) is 5.37. The number of carbonyl (C=O) groups is 1. The Morgan fingerprint density at radius 2 is 2.00 bits per heavy atom. The Morgan fingerprint density at radius 1 is 1.24 bits per heavy atom. The first-order valence-electron chi connectivity index (χ1n) is 7.42. The van der Waals surface area contributed by atoms with Crippen LogP contribution in [0.25, 0.3) is 10.9 Å². The van der Waals surface area contributed by atoms with Gasteiger partial charge in [0.25, 0.3) is 5.91 Å². The highest BCUT2D eigenvalue weighted by molar-refractivity contribution is 6.12. The third-order valence-electron chi connectivity index (χ3n) is 3.74. The summed E-state index contributed by atoms with van der Waals surface area (Å²) in [6.45, 7) is 2.46. The van der Waals surface area contributed by atoms with Crippen LogP contribution in [-0.2, 0) is 12.7 Å². The molecule has 1 aromatic carbocycles. The van der Waals surface area contributed by atoms with E-state index in [9.17, 15) is 22.4 Å². The number of fused-ring (bicyclic) bond motifs is 1. The highest BCUT2D eigenvalue weighted by Crippen LogP contribution is 2.28. The average molecular weight is 351 g/mol. The van der Waals surface area contributed by atoms with Crippen molar-refractivity contribution in [3.63, 3.8) is 0 Å². The second-order valence-electron chi connectivity index (χ2n) is 5.37. The lowest BCUT2D eigenvalue weighted by Crippen LogP contribution is -2.13. The summed E-state index contributed by atoms with van der Waals surface area (Å²) in [7, 11) is 0. The van der Waals surface area contributed by atoms with Crippen molar-refractivity contribution in [2.24, 2.45) is 0 Å². The molecule has 1 N–H and O–H groups in total. The number of rotatable bonds is 3. The Morgan fingerprint density at radius 3 is 2.60 bits per heavy atom. The van der Waals surface area contributed by atoms with Crippen LogP contribution in [0.15, 0.2) is 42.7 Å². The van der Waals surface area contributed by atoms with Crippen molar-refractivity contribution >= 4 is 22.5 Å². The van der Waals surface area contributed by atoms with Gasteiger partial charge < -0.3 is 9.88 Å². The van der Waals surface area contributed by atoms with Gasteiger partial charge in [-0.25, -0.2) is 9.37 Å². The van der Waals surface area contributed by atoms with Gasteiger partial charge in [-0.15, -0.1) is 0 Å². The van der Waals surface area contributed by atoms with Crippen LogP contribution in [0.3, 0.4) is 0 Å². The number of aromatic nitrogens is 2. The predicted molar refractivity (Wildman–Crippen MR) is 84.8 cm³/mol. The SMILES string of the molecule is CCn1cc(C(=O)Nc2ccc(C(F)(F)F)nc2)c2cc(F)ccc21. The molecule has 3 rings (SSSR count). The minimum Gasteiger partial charge on any atom is -0.347 e. The van der Waals surface area contributed by atoms with Crippen molar-refractivity contribution in [3.05, 3.63) is 59.8 Å². The molecule has 2 heterocycles. The first-order valence-corrected chi connectivity index (χ1v) is 7.42. The molecule has 0 atom stereocenters. The van der Waals surface area contributed by atoms with E-state index in [2.05, 4.69) is 10.3 Å². The molecule has 4 nitrogen and oxygen atoms in total. The lowest BCUT2D eigenvalue weighted by molar-refractivity contribution is -0.141. The van der Waals surface area contributed by atoms with Gasteiger partial charge in [-0.2, -0.15) is 13.2 Å². The smallest absolute Gasteiger partial charge is 0.347 e. The minimum absolute atomic E-state index is 0.117. The zero-order valence-electron chi connectivity index (χ0n) is 13.1. The lowest BCUT2D eigenvalue weighted by atomic mass is 10.1. The van der Waals surface area contributed by atoms with Crippen molar-refractivity contribution in [1.29, 1.82) is 0 Å². The number of hydrogen-bond donors (Lipinski definition) is 1. The first-order chi connectivity index (χ1) is 11.8. The molecule has 0 saturated heterocycles. The highest BCUT2D eigenvalue weighted by Gasteiger charge is 2.32. The zero-order chi connectivity index (χ0) is 18.2. The maximum Gasteiger partial charge on any atom is 0.433 e. The normalized spacial score (nSPS) is 11.7. The number of amides is 1. The van der Waals surface area contributed by atoms with E-state index < -0.39 is 23.6 Å². The molecule has 0 spiro atoms. The van der Waals surface area contributed by atoms with Gasteiger partial charge in [-0.1, -0.05) is 0 Å². The van der Waals surface area contributed by atoms with Crippen molar-refractivity contribution in [2.75, 3.05) is 5.32 Å². The number of halogens is 4. The molecule has 3 aromatic rings. The summed E-state index contributed by atoms with van der Waals surface area (Å²) in [5.74, 6) is -1.03. The molecule has 25 heavy (non-hydrogen) atoms. The fourth-order valence-corrected chi connectivity index (χ4v) is 2.55. The second kappa shape index (κ2) is 6.19. The van der Waals surface area contributed by atoms with Gasteiger partial charge >= 0.3 is 6.18 Å². The number of carbonyl (C=O) groups excluding carboxylic acids is 1. The van der Waals surface area contributed by atoms with Crippen LogP contribution >= 0.6 is 0 Å². The van der Waals surface area contributed by atoms with Gasteiger partial charge in [0.1, 0.15) is 11.5 Å². The van der Waals surface area contributed by atoms with E-state index in [0.717, 1.165) is 18.3 Å². The van der Waals surface area contributed by atoms with Crippen LogP contribution in [0.5, 0.6) is 0 Å². The Labute approximate surface area is 140 Å². The maximum atomic E-state index is 13.5. The van der Waals surface area contributed by atoms with Gasteiger partial charge in [0.05, 0.1) is 17.4 Å². The third kappa shape index (κ3) is 3.33. The topological polar surface area (TPSA) is 46.9 Å². The van der Waals surface area contributed by atoms with Gasteiger partial charge in [0.2, 0.25) is 0 Å². The molecule has 1 amide bonds. The summed E-state index contributed by atoms with van der Waals surface area (Å²) < 4.78 is 52.8. The quantitative estimate of drug-likeness (QED) is 0.708. The van der Waals surface area contributed by atoms with Gasteiger partial charge in [-0.3, -0.25) is 4.79 Å². The fraction of sp³-hybridized carbons (Fsp3) is 0.176.